The lowest BCUT2D eigenvalue weighted by atomic mass is 10.0. The number of hydrogen-bond donors (Lipinski definition) is 1. The van der Waals surface area contributed by atoms with Crippen LogP contribution < -0.4 is 10.1 Å². The Morgan fingerprint density at radius 1 is 0.972 bits per heavy atom. The van der Waals surface area contributed by atoms with Gasteiger partial charge in [0.05, 0.1) is 13.5 Å². The number of carbonyl (C=O) groups excluding carboxylic acids is 2. The van der Waals surface area contributed by atoms with Crippen molar-refractivity contribution >= 4 is 23.4 Å². The van der Waals surface area contributed by atoms with E-state index in [2.05, 4.69) is 5.32 Å². The molecule has 0 aliphatic heterocycles. The van der Waals surface area contributed by atoms with Crippen molar-refractivity contribution in [2.24, 2.45) is 0 Å². The van der Waals surface area contributed by atoms with E-state index >= 15 is 0 Å². The Morgan fingerprint density at radius 2 is 1.67 bits per heavy atom. The molecule has 1 aliphatic rings. The number of hydrogen-bond acceptors (Lipinski definition) is 3. The Labute approximate surface area is 218 Å². The third-order valence-corrected chi connectivity index (χ3v) is 7.13. The van der Waals surface area contributed by atoms with Crippen LogP contribution in [0.25, 0.3) is 0 Å². The molecule has 0 saturated heterocycles. The highest BCUT2D eigenvalue weighted by molar-refractivity contribution is 6.31. The Kier molecular flexibility index (Phi) is 9.01. The Morgan fingerprint density at radius 3 is 2.39 bits per heavy atom. The molecule has 6 heteroatoms. The molecule has 4 rings (SSSR count). The summed E-state index contributed by atoms with van der Waals surface area (Å²) in [5.41, 5.74) is 2.65. The van der Waals surface area contributed by atoms with E-state index in [0.29, 0.717) is 17.2 Å². The summed E-state index contributed by atoms with van der Waals surface area (Å²) in [6.07, 6.45) is 4.74. The molecule has 1 atom stereocenters. The minimum absolute atomic E-state index is 0.110. The Balaban J connectivity index is 1.67. The van der Waals surface area contributed by atoms with Gasteiger partial charge in [-0.1, -0.05) is 85.1 Å². The van der Waals surface area contributed by atoms with Gasteiger partial charge >= 0.3 is 0 Å². The van der Waals surface area contributed by atoms with Gasteiger partial charge in [0.15, 0.2) is 0 Å². The highest BCUT2D eigenvalue weighted by Crippen LogP contribution is 2.23. The van der Waals surface area contributed by atoms with Crippen molar-refractivity contribution in [1.29, 1.82) is 0 Å². The van der Waals surface area contributed by atoms with Crippen molar-refractivity contribution < 1.29 is 14.3 Å². The Hall–Kier alpha value is -3.31. The summed E-state index contributed by atoms with van der Waals surface area (Å²) in [5.74, 6) is 0.454. The minimum Gasteiger partial charge on any atom is -0.497 e. The van der Waals surface area contributed by atoms with E-state index in [1.807, 2.05) is 72.8 Å². The molecule has 1 fully saturated rings. The Bertz CT molecular complexity index is 1160. The van der Waals surface area contributed by atoms with Gasteiger partial charge in [0.1, 0.15) is 11.8 Å². The van der Waals surface area contributed by atoms with Crippen molar-refractivity contribution in [3.63, 3.8) is 0 Å². The molecule has 1 aliphatic carbocycles. The first-order chi connectivity index (χ1) is 17.5. The molecule has 1 N–H and O–H groups in total. The van der Waals surface area contributed by atoms with E-state index in [-0.39, 0.29) is 30.8 Å². The van der Waals surface area contributed by atoms with Crippen LogP contribution in [0.5, 0.6) is 5.75 Å². The fraction of sp³-hybridized carbons (Fsp3) is 0.333. The van der Waals surface area contributed by atoms with Gasteiger partial charge in [-0.25, -0.2) is 0 Å². The number of methoxy groups -OCH3 is 1. The van der Waals surface area contributed by atoms with Gasteiger partial charge < -0.3 is 15.0 Å². The molecule has 2 amide bonds. The summed E-state index contributed by atoms with van der Waals surface area (Å²) in [4.78, 5) is 29.3. The molecule has 0 aromatic heterocycles. The maximum absolute atomic E-state index is 13.9. The van der Waals surface area contributed by atoms with Gasteiger partial charge in [-0.3, -0.25) is 9.59 Å². The lowest BCUT2D eigenvalue weighted by molar-refractivity contribution is -0.141. The number of halogens is 1. The number of rotatable bonds is 10. The first-order valence-corrected chi connectivity index (χ1v) is 12.9. The summed E-state index contributed by atoms with van der Waals surface area (Å²) in [6.45, 7) is 0.288. The van der Waals surface area contributed by atoms with Gasteiger partial charge in [-0.05, 0) is 47.7 Å². The molecule has 1 unspecified atom stereocenters. The molecular formula is C30H33ClN2O3. The summed E-state index contributed by atoms with van der Waals surface area (Å²) in [6, 6.07) is 24.3. The van der Waals surface area contributed by atoms with Crippen LogP contribution in [0.1, 0.15) is 42.4 Å². The van der Waals surface area contributed by atoms with E-state index in [4.69, 9.17) is 16.3 Å². The SMILES string of the molecule is COc1cccc(CN(C(=O)Cc2ccccc2Cl)C(Cc2ccccc2)C(=O)NC2CCCC2)c1. The predicted molar refractivity (Wildman–Crippen MR) is 143 cm³/mol. The lowest BCUT2D eigenvalue weighted by Gasteiger charge is -2.32. The van der Waals surface area contributed by atoms with Gasteiger partial charge in [-0.15, -0.1) is 0 Å². The van der Waals surface area contributed by atoms with Crippen molar-refractivity contribution in [2.75, 3.05) is 7.11 Å². The van der Waals surface area contributed by atoms with Crippen LogP contribution >= 0.6 is 11.6 Å². The van der Waals surface area contributed by atoms with Crippen molar-refractivity contribution in [1.82, 2.24) is 10.2 Å². The molecule has 188 valence electrons. The number of benzene rings is 3. The molecule has 5 nitrogen and oxygen atoms in total. The molecule has 0 bridgehead atoms. The molecule has 3 aromatic rings. The van der Waals surface area contributed by atoms with Crippen LogP contribution in [0.3, 0.4) is 0 Å². The largest absolute Gasteiger partial charge is 0.497 e. The fourth-order valence-corrected chi connectivity index (χ4v) is 5.00. The number of amides is 2. The number of nitrogens with zero attached hydrogens (tertiary/aromatic N) is 1. The summed E-state index contributed by atoms with van der Waals surface area (Å²) < 4.78 is 5.40. The average Bonchev–Trinajstić information content (AvgIpc) is 3.41. The summed E-state index contributed by atoms with van der Waals surface area (Å²) in [7, 11) is 1.62. The molecule has 1 saturated carbocycles. The van der Waals surface area contributed by atoms with Crippen LogP contribution in [0, 0.1) is 0 Å². The average molecular weight is 505 g/mol. The minimum atomic E-state index is -0.658. The standard InChI is InChI=1S/C30H33ClN2O3/c1-36-26-16-9-12-23(18-26)21-33(29(34)20-24-13-5-8-17-27(24)31)28(19-22-10-3-2-4-11-22)30(35)32-25-14-6-7-15-25/h2-5,8-13,16-18,25,28H,6-7,14-15,19-21H2,1H3,(H,32,35). The summed E-state index contributed by atoms with van der Waals surface area (Å²) in [5, 5.41) is 3.78. The van der Waals surface area contributed by atoms with E-state index in [1.54, 1.807) is 18.1 Å². The second-order valence-corrected chi connectivity index (χ2v) is 9.74. The van der Waals surface area contributed by atoms with E-state index in [0.717, 1.165) is 42.4 Å². The highest BCUT2D eigenvalue weighted by Gasteiger charge is 2.32. The maximum Gasteiger partial charge on any atom is 0.243 e. The first kappa shape index (κ1) is 25.8. The number of ether oxygens (including phenoxy) is 1. The van der Waals surface area contributed by atoms with E-state index in [1.165, 1.54) is 0 Å². The number of carbonyl (C=O) groups is 2. The third-order valence-electron chi connectivity index (χ3n) is 6.76. The van der Waals surface area contributed by atoms with E-state index < -0.39 is 6.04 Å². The van der Waals surface area contributed by atoms with Crippen molar-refractivity contribution in [2.45, 2.75) is 57.2 Å². The second-order valence-electron chi connectivity index (χ2n) is 9.34. The topological polar surface area (TPSA) is 58.6 Å². The maximum atomic E-state index is 13.9. The lowest BCUT2D eigenvalue weighted by Crippen LogP contribution is -2.52. The normalized spacial score (nSPS) is 14.3. The smallest absolute Gasteiger partial charge is 0.243 e. The molecule has 0 radical (unpaired) electrons. The highest BCUT2D eigenvalue weighted by atomic mass is 35.5. The second kappa shape index (κ2) is 12.6. The van der Waals surface area contributed by atoms with Crippen LogP contribution in [-0.4, -0.2) is 35.9 Å². The van der Waals surface area contributed by atoms with Crippen molar-refractivity contribution in [3.8, 4) is 5.75 Å². The van der Waals surface area contributed by atoms with Gasteiger partial charge in [0.25, 0.3) is 0 Å². The zero-order valence-electron chi connectivity index (χ0n) is 20.7. The predicted octanol–water partition coefficient (Wildman–Crippen LogP) is 5.59. The van der Waals surface area contributed by atoms with Crippen LogP contribution in [0.15, 0.2) is 78.9 Å². The number of nitrogens with one attached hydrogen (secondary N) is 1. The monoisotopic (exact) mass is 504 g/mol. The van der Waals surface area contributed by atoms with Gasteiger partial charge in [0, 0.05) is 24.0 Å². The van der Waals surface area contributed by atoms with E-state index in [9.17, 15) is 9.59 Å². The van der Waals surface area contributed by atoms with Gasteiger partial charge in [-0.2, -0.15) is 0 Å². The molecule has 0 heterocycles. The quantitative estimate of drug-likeness (QED) is 0.391. The van der Waals surface area contributed by atoms with Crippen LogP contribution in [0.4, 0.5) is 0 Å². The zero-order valence-corrected chi connectivity index (χ0v) is 21.4. The van der Waals surface area contributed by atoms with Crippen molar-refractivity contribution in [3.05, 3.63) is 101 Å². The molecular weight excluding hydrogens is 472 g/mol. The van der Waals surface area contributed by atoms with Gasteiger partial charge in [0.2, 0.25) is 11.8 Å². The molecule has 0 spiro atoms. The molecule has 36 heavy (non-hydrogen) atoms. The third kappa shape index (κ3) is 6.88. The van der Waals surface area contributed by atoms with Crippen LogP contribution in [-0.2, 0) is 29.0 Å². The molecule has 3 aromatic carbocycles. The summed E-state index contributed by atoms with van der Waals surface area (Å²) >= 11 is 6.39. The fourth-order valence-electron chi connectivity index (χ4n) is 4.80. The first-order valence-electron chi connectivity index (χ1n) is 12.5. The van der Waals surface area contributed by atoms with Crippen LogP contribution in [0.2, 0.25) is 5.02 Å². The zero-order chi connectivity index (χ0) is 25.3.